The van der Waals surface area contributed by atoms with Crippen molar-refractivity contribution in [2.45, 2.75) is 20.3 Å². The molecule has 0 aliphatic carbocycles. The lowest BCUT2D eigenvalue weighted by Gasteiger charge is -2.03. The highest BCUT2D eigenvalue weighted by molar-refractivity contribution is 7.41. The van der Waals surface area contributed by atoms with Gasteiger partial charge in [0.1, 0.15) is 0 Å². The molecule has 3 heteroatoms. The zero-order chi connectivity index (χ0) is 8.69. The van der Waals surface area contributed by atoms with Crippen molar-refractivity contribution < 1.29 is 4.57 Å². The van der Waals surface area contributed by atoms with Crippen LogP contribution in [0.1, 0.15) is 20.3 Å². The first kappa shape index (κ1) is 10.8. The minimum Gasteiger partial charge on any atom is -0.103 e. The molecule has 0 rings (SSSR count). The summed E-state index contributed by atoms with van der Waals surface area (Å²) in [6, 6.07) is 0. The molecule has 0 saturated carbocycles. The predicted octanol–water partition coefficient (Wildman–Crippen LogP) is 2.65. The molecule has 0 fully saturated rings. The minimum absolute atomic E-state index is 0.751. The van der Waals surface area contributed by atoms with E-state index in [9.17, 15) is 4.57 Å². The molecule has 0 N–H and O–H groups in total. The van der Waals surface area contributed by atoms with Gasteiger partial charge in [0.05, 0.1) is 0 Å². The molecule has 0 aliphatic heterocycles. The maximum atomic E-state index is 11.4. The molecular formula is C8H17NOP+. The van der Waals surface area contributed by atoms with E-state index in [1.165, 1.54) is 0 Å². The van der Waals surface area contributed by atoms with Gasteiger partial charge in [0.25, 0.3) is 0 Å². The van der Waals surface area contributed by atoms with Crippen molar-refractivity contribution >= 4 is 7.95 Å². The summed E-state index contributed by atoms with van der Waals surface area (Å²) in [7, 11) is -1.14. The van der Waals surface area contributed by atoms with Crippen LogP contribution < -0.4 is 0 Å². The Bertz CT molecular complexity index is 132. The van der Waals surface area contributed by atoms with Gasteiger partial charge in [-0.05, 0) is 13.8 Å². The molecule has 0 aromatic heterocycles. The van der Waals surface area contributed by atoms with E-state index in [4.69, 9.17) is 0 Å². The molecule has 0 aliphatic rings. The number of hydrogen-bond donors (Lipinski definition) is 0. The molecule has 0 bridgehead atoms. The van der Waals surface area contributed by atoms with Gasteiger partial charge >= 0.3 is 7.95 Å². The van der Waals surface area contributed by atoms with E-state index in [2.05, 4.69) is 6.58 Å². The van der Waals surface area contributed by atoms with Gasteiger partial charge in [0.2, 0.25) is 0 Å². The summed E-state index contributed by atoms with van der Waals surface area (Å²) >= 11 is 0. The lowest BCUT2D eigenvalue weighted by atomic mass is 10.5. The second-order valence-corrected chi connectivity index (χ2v) is 4.01. The zero-order valence-electron chi connectivity index (χ0n) is 7.42. The third-order valence-electron chi connectivity index (χ3n) is 1.57. The maximum Gasteiger partial charge on any atom is 0.435 e. The molecule has 0 radical (unpaired) electrons. The van der Waals surface area contributed by atoms with Crippen LogP contribution in [0.15, 0.2) is 12.7 Å². The topological polar surface area (TPSA) is 20.3 Å². The third kappa shape index (κ3) is 4.28. The Hall–Kier alpha value is -0.200. The van der Waals surface area contributed by atoms with Crippen LogP contribution in [0.25, 0.3) is 0 Å². The van der Waals surface area contributed by atoms with E-state index in [-0.39, 0.29) is 0 Å². The highest BCUT2D eigenvalue weighted by atomic mass is 31.1. The van der Waals surface area contributed by atoms with Crippen molar-refractivity contribution in [1.29, 1.82) is 0 Å². The van der Waals surface area contributed by atoms with Crippen LogP contribution in [-0.4, -0.2) is 23.9 Å². The zero-order valence-corrected chi connectivity index (χ0v) is 8.31. The first-order valence-corrected chi connectivity index (χ1v) is 5.46. The second-order valence-electron chi connectivity index (χ2n) is 2.29. The quantitative estimate of drug-likeness (QED) is 0.455. The molecule has 11 heavy (non-hydrogen) atoms. The summed E-state index contributed by atoms with van der Waals surface area (Å²) in [6.45, 7) is 9.42. The average molecular weight is 174 g/mol. The number of hydrogen-bond acceptors (Lipinski definition) is 1. The Morgan fingerprint density at radius 2 is 2.00 bits per heavy atom. The van der Waals surface area contributed by atoms with Gasteiger partial charge in [-0.1, -0.05) is 15.3 Å². The molecule has 0 amide bonds. The molecule has 1 unspecified atom stereocenters. The van der Waals surface area contributed by atoms with Crippen LogP contribution >= 0.6 is 7.95 Å². The standard InChI is InChI=1S/C8H17NOP/c1-4-7-8-11(10)9(5-2)6-3/h4H,1,5-8H2,2-3H3/q+1. The van der Waals surface area contributed by atoms with E-state index in [0.717, 1.165) is 25.7 Å². The van der Waals surface area contributed by atoms with E-state index >= 15 is 0 Å². The number of rotatable bonds is 6. The molecule has 1 atom stereocenters. The number of nitrogens with zero attached hydrogens (tertiary/aromatic N) is 1. The first-order chi connectivity index (χ1) is 5.26. The molecule has 0 spiro atoms. The summed E-state index contributed by atoms with van der Waals surface area (Å²) in [4.78, 5) is 0. The fraction of sp³-hybridized carbons (Fsp3) is 0.750. The second kappa shape index (κ2) is 6.51. The first-order valence-electron chi connectivity index (χ1n) is 4.06. The SMILES string of the molecule is C=CCC[P+](=O)N(CC)CC. The molecular weight excluding hydrogens is 157 g/mol. The molecule has 2 nitrogen and oxygen atoms in total. The molecule has 0 aromatic carbocycles. The van der Waals surface area contributed by atoms with Gasteiger partial charge < -0.3 is 0 Å². The lowest BCUT2D eigenvalue weighted by molar-refractivity contribution is 0.460. The Morgan fingerprint density at radius 1 is 1.45 bits per heavy atom. The summed E-state index contributed by atoms with van der Waals surface area (Å²) in [5.74, 6) is 0. The Morgan fingerprint density at radius 3 is 2.36 bits per heavy atom. The van der Waals surface area contributed by atoms with Crippen LogP contribution in [0.2, 0.25) is 0 Å². The van der Waals surface area contributed by atoms with Gasteiger partial charge in [0, 0.05) is 19.5 Å². The smallest absolute Gasteiger partial charge is 0.103 e. The number of allylic oxidation sites excluding steroid dienone is 1. The van der Waals surface area contributed by atoms with Gasteiger partial charge in [-0.2, -0.15) is 0 Å². The Balaban J connectivity index is 3.69. The summed E-state index contributed by atoms with van der Waals surface area (Å²) < 4.78 is 13.4. The van der Waals surface area contributed by atoms with E-state index < -0.39 is 7.95 Å². The van der Waals surface area contributed by atoms with E-state index in [1.54, 1.807) is 0 Å². The van der Waals surface area contributed by atoms with E-state index in [1.807, 2.05) is 24.6 Å². The predicted molar refractivity (Wildman–Crippen MR) is 50.2 cm³/mol. The highest BCUT2D eigenvalue weighted by Crippen LogP contribution is 2.26. The van der Waals surface area contributed by atoms with Crippen LogP contribution in [-0.2, 0) is 4.57 Å². The minimum atomic E-state index is -1.14. The van der Waals surface area contributed by atoms with E-state index in [0.29, 0.717) is 0 Å². The molecule has 0 aromatic rings. The summed E-state index contributed by atoms with van der Waals surface area (Å²) in [5, 5.41) is 0. The Labute approximate surface area is 70.1 Å². The van der Waals surface area contributed by atoms with Crippen molar-refractivity contribution in [3.8, 4) is 0 Å². The van der Waals surface area contributed by atoms with Crippen LogP contribution in [0.3, 0.4) is 0 Å². The molecule has 64 valence electrons. The van der Waals surface area contributed by atoms with Crippen LogP contribution in [0.4, 0.5) is 0 Å². The fourth-order valence-electron chi connectivity index (χ4n) is 0.882. The van der Waals surface area contributed by atoms with Crippen LogP contribution in [0, 0.1) is 0 Å². The van der Waals surface area contributed by atoms with Crippen molar-refractivity contribution in [2.75, 3.05) is 19.3 Å². The monoisotopic (exact) mass is 174 g/mol. The van der Waals surface area contributed by atoms with Crippen molar-refractivity contribution in [2.24, 2.45) is 0 Å². The van der Waals surface area contributed by atoms with Gasteiger partial charge in [0.15, 0.2) is 6.16 Å². The maximum absolute atomic E-state index is 11.4. The van der Waals surface area contributed by atoms with Gasteiger partial charge in [-0.25, -0.2) is 0 Å². The fourth-order valence-corrected chi connectivity index (χ4v) is 2.20. The lowest BCUT2D eigenvalue weighted by Crippen LogP contribution is -2.14. The average Bonchev–Trinajstić information content (AvgIpc) is 2.03. The van der Waals surface area contributed by atoms with Crippen molar-refractivity contribution in [3.05, 3.63) is 12.7 Å². The molecule has 0 saturated heterocycles. The van der Waals surface area contributed by atoms with Crippen molar-refractivity contribution in [3.63, 3.8) is 0 Å². The largest absolute Gasteiger partial charge is 0.435 e. The molecule has 0 heterocycles. The van der Waals surface area contributed by atoms with Crippen LogP contribution in [0.5, 0.6) is 0 Å². The summed E-state index contributed by atoms with van der Waals surface area (Å²) in [6.07, 6.45) is 3.42. The highest BCUT2D eigenvalue weighted by Gasteiger charge is 2.22. The Kier molecular flexibility index (Phi) is 6.39. The van der Waals surface area contributed by atoms with Gasteiger partial charge in [-0.15, -0.1) is 6.58 Å². The normalized spacial score (nSPS) is 11.7. The van der Waals surface area contributed by atoms with Crippen molar-refractivity contribution in [1.82, 2.24) is 4.67 Å². The third-order valence-corrected chi connectivity index (χ3v) is 3.41. The van der Waals surface area contributed by atoms with Gasteiger partial charge in [-0.3, -0.25) is 0 Å². The summed E-state index contributed by atoms with van der Waals surface area (Å²) in [5.41, 5.74) is 0.